The standard InChI is InChI=1S/C17H20N4OS/c22-17(15-3-1-2-6-18-15)21-10-13-4-5-14(11-21)20(9-13)12-16-19-7-8-23-16/h1-3,6-8,13-14H,4-5,9-12H2/t13-,14-/m0/s1. The lowest BCUT2D eigenvalue weighted by Gasteiger charge is -2.35. The van der Waals surface area contributed by atoms with Crippen LogP contribution in [0.15, 0.2) is 36.0 Å². The molecule has 5 rings (SSSR count). The molecule has 2 bridgehead atoms. The van der Waals surface area contributed by atoms with E-state index in [-0.39, 0.29) is 5.91 Å². The number of fused-ring (bicyclic) bond motifs is 4. The van der Waals surface area contributed by atoms with Crippen LogP contribution in [0.1, 0.15) is 28.3 Å². The van der Waals surface area contributed by atoms with Crippen LogP contribution in [-0.4, -0.2) is 51.4 Å². The van der Waals surface area contributed by atoms with Crippen LogP contribution >= 0.6 is 11.3 Å². The second-order valence-electron chi connectivity index (χ2n) is 6.38. The van der Waals surface area contributed by atoms with Crippen LogP contribution in [0.3, 0.4) is 0 Å². The van der Waals surface area contributed by atoms with Gasteiger partial charge in [0.25, 0.3) is 5.91 Å². The quantitative estimate of drug-likeness (QED) is 0.867. The Hall–Kier alpha value is -1.79. The van der Waals surface area contributed by atoms with E-state index in [0.29, 0.717) is 17.7 Å². The zero-order valence-electron chi connectivity index (χ0n) is 13.0. The predicted octanol–water partition coefficient (Wildman–Crippen LogP) is 2.27. The second-order valence-corrected chi connectivity index (χ2v) is 7.36. The van der Waals surface area contributed by atoms with E-state index in [4.69, 9.17) is 0 Å². The van der Waals surface area contributed by atoms with Crippen LogP contribution in [0.5, 0.6) is 0 Å². The molecule has 23 heavy (non-hydrogen) atoms. The zero-order valence-corrected chi connectivity index (χ0v) is 13.8. The third-order valence-electron chi connectivity index (χ3n) is 4.82. The highest BCUT2D eigenvalue weighted by Gasteiger charge is 2.37. The molecular formula is C17H20N4OS. The summed E-state index contributed by atoms with van der Waals surface area (Å²) in [6.45, 7) is 3.62. The van der Waals surface area contributed by atoms with Gasteiger partial charge in [0.2, 0.25) is 0 Å². The average molecular weight is 328 g/mol. The fourth-order valence-electron chi connectivity index (χ4n) is 3.69. The molecule has 0 N–H and O–H groups in total. The molecular weight excluding hydrogens is 308 g/mol. The summed E-state index contributed by atoms with van der Waals surface area (Å²) in [7, 11) is 0. The number of piperidine rings is 1. The van der Waals surface area contributed by atoms with Crippen molar-refractivity contribution in [1.29, 1.82) is 0 Å². The van der Waals surface area contributed by atoms with Crippen molar-refractivity contribution in [2.24, 2.45) is 5.92 Å². The van der Waals surface area contributed by atoms with Crippen molar-refractivity contribution in [3.63, 3.8) is 0 Å². The topological polar surface area (TPSA) is 49.3 Å². The molecule has 0 spiro atoms. The van der Waals surface area contributed by atoms with Crippen LogP contribution in [0.2, 0.25) is 0 Å². The monoisotopic (exact) mass is 328 g/mol. The minimum atomic E-state index is 0.0681. The van der Waals surface area contributed by atoms with Crippen molar-refractivity contribution >= 4 is 17.2 Å². The lowest BCUT2D eigenvalue weighted by molar-refractivity contribution is 0.0730. The molecule has 5 nitrogen and oxygen atoms in total. The van der Waals surface area contributed by atoms with Crippen LogP contribution in [0.25, 0.3) is 0 Å². The summed E-state index contributed by atoms with van der Waals surface area (Å²) in [5.74, 6) is 0.625. The van der Waals surface area contributed by atoms with E-state index >= 15 is 0 Å². The largest absolute Gasteiger partial charge is 0.335 e. The summed E-state index contributed by atoms with van der Waals surface area (Å²) in [6, 6.07) is 5.97. The van der Waals surface area contributed by atoms with Gasteiger partial charge in [0.15, 0.2) is 0 Å². The third kappa shape index (κ3) is 3.14. The first-order valence-electron chi connectivity index (χ1n) is 8.12. The Balaban J connectivity index is 1.50. The number of rotatable bonds is 3. The summed E-state index contributed by atoms with van der Waals surface area (Å²) < 4.78 is 0. The fourth-order valence-corrected chi connectivity index (χ4v) is 4.34. The molecule has 2 atom stereocenters. The summed E-state index contributed by atoms with van der Waals surface area (Å²) in [5, 5.41) is 3.20. The molecule has 1 amide bonds. The van der Waals surface area contributed by atoms with E-state index in [0.717, 1.165) is 26.2 Å². The number of aromatic nitrogens is 2. The van der Waals surface area contributed by atoms with Crippen molar-refractivity contribution in [1.82, 2.24) is 19.8 Å². The van der Waals surface area contributed by atoms with Gasteiger partial charge in [-0.1, -0.05) is 6.07 Å². The van der Waals surface area contributed by atoms with Gasteiger partial charge in [0, 0.05) is 43.4 Å². The van der Waals surface area contributed by atoms with Crippen LogP contribution in [0.4, 0.5) is 0 Å². The number of thiazole rings is 1. The Bertz CT molecular complexity index is 660. The van der Waals surface area contributed by atoms with Crippen molar-refractivity contribution in [3.05, 3.63) is 46.7 Å². The van der Waals surface area contributed by atoms with Crippen LogP contribution < -0.4 is 0 Å². The highest BCUT2D eigenvalue weighted by molar-refractivity contribution is 7.09. The van der Waals surface area contributed by atoms with Gasteiger partial charge in [-0.3, -0.25) is 14.7 Å². The lowest BCUT2D eigenvalue weighted by atomic mass is 9.95. The second kappa shape index (κ2) is 6.37. The van der Waals surface area contributed by atoms with Gasteiger partial charge in [0.1, 0.15) is 10.7 Å². The lowest BCUT2D eigenvalue weighted by Crippen LogP contribution is -2.44. The normalized spacial score (nSPS) is 24.6. The van der Waals surface area contributed by atoms with Gasteiger partial charge < -0.3 is 4.90 Å². The number of carbonyl (C=O) groups excluding carboxylic acids is 1. The Kier molecular flexibility index (Phi) is 4.10. The smallest absolute Gasteiger partial charge is 0.272 e. The molecule has 3 fully saturated rings. The number of nitrogens with zero attached hydrogens (tertiary/aromatic N) is 4. The Labute approximate surface area is 140 Å². The van der Waals surface area contributed by atoms with E-state index in [9.17, 15) is 4.79 Å². The molecule has 2 aromatic rings. The molecule has 0 unspecified atom stereocenters. The first-order chi connectivity index (χ1) is 11.3. The molecule has 6 heteroatoms. The first kappa shape index (κ1) is 14.8. The van der Waals surface area contributed by atoms with Gasteiger partial charge in [-0.05, 0) is 30.9 Å². The number of hydrogen-bond donors (Lipinski definition) is 0. The number of hydrogen-bond acceptors (Lipinski definition) is 5. The average Bonchev–Trinajstić information content (AvgIpc) is 2.93. The minimum Gasteiger partial charge on any atom is -0.335 e. The maximum absolute atomic E-state index is 12.7. The van der Waals surface area contributed by atoms with E-state index in [1.54, 1.807) is 17.5 Å². The highest BCUT2D eigenvalue weighted by Crippen LogP contribution is 2.30. The molecule has 120 valence electrons. The Morgan fingerprint density at radius 1 is 1.17 bits per heavy atom. The minimum absolute atomic E-state index is 0.0681. The third-order valence-corrected chi connectivity index (χ3v) is 5.58. The first-order valence-corrected chi connectivity index (χ1v) is 9.00. The SMILES string of the molecule is O=C(c1ccccn1)N1C[C@H]2CC[C@@H](C1)N(Cc1nccs1)C2. The Morgan fingerprint density at radius 2 is 2.13 bits per heavy atom. The van der Waals surface area contributed by atoms with Crippen molar-refractivity contribution in [2.45, 2.75) is 25.4 Å². The fraction of sp³-hybridized carbons (Fsp3) is 0.471. The molecule has 3 saturated heterocycles. The van der Waals surface area contributed by atoms with E-state index in [1.165, 1.54) is 17.8 Å². The van der Waals surface area contributed by atoms with Gasteiger partial charge >= 0.3 is 0 Å². The van der Waals surface area contributed by atoms with Crippen LogP contribution in [0, 0.1) is 5.92 Å². The molecule has 0 radical (unpaired) electrons. The van der Waals surface area contributed by atoms with E-state index in [2.05, 4.69) is 14.9 Å². The van der Waals surface area contributed by atoms with E-state index < -0.39 is 0 Å². The summed E-state index contributed by atoms with van der Waals surface area (Å²) in [6.07, 6.45) is 5.94. The highest BCUT2D eigenvalue weighted by atomic mass is 32.1. The Morgan fingerprint density at radius 3 is 2.91 bits per heavy atom. The maximum atomic E-state index is 12.7. The molecule has 3 aliphatic rings. The summed E-state index contributed by atoms with van der Waals surface area (Å²) in [5.41, 5.74) is 0.556. The van der Waals surface area contributed by atoms with Crippen LogP contribution in [-0.2, 0) is 6.54 Å². The van der Waals surface area contributed by atoms with Gasteiger partial charge in [-0.15, -0.1) is 11.3 Å². The molecule has 5 heterocycles. The number of pyridine rings is 1. The zero-order chi connectivity index (χ0) is 15.6. The predicted molar refractivity (Wildman–Crippen MR) is 89.2 cm³/mol. The summed E-state index contributed by atoms with van der Waals surface area (Å²) >= 11 is 1.71. The number of amides is 1. The van der Waals surface area contributed by atoms with E-state index in [1.807, 2.05) is 34.7 Å². The van der Waals surface area contributed by atoms with Gasteiger partial charge in [0.05, 0.1) is 6.54 Å². The molecule has 0 aliphatic carbocycles. The molecule has 3 aliphatic heterocycles. The molecule has 0 saturated carbocycles. The van der Waals surface area contributed by atoms with Crippen molar-refractivity contribution in [3.8, 4) is 0 Å². The van der Waals surface area contributed by atoms with Crippen molar-refractivity contribution in [2.75, 3.05) is 19.6 Å². The maximum Gasteiger partial charge on any atom is 0.272 e. The van der Waals surface area contributed by atoms with Crippen molar-refractivity contribution < 1.29 is 4.79 Å². The number of carbonyl (C=O) groups is 1. The molecule has 0 aromatic carbocycles. The van der Waals surface area contributed by atoms with Gasteiger partial charge in [-0.25, -0.2) is 4.98 Å². The summed E-state index contributed by atoms with van der Waals surface area (Å²) in [4.78, 5) is 25.9. The van der Waals surface area contributed by atoms with Gasteiger partial charge in [-0.2, -0.15) is 0 Å². The molecule has 2 aromatic heterocycles.